The van der Waals surface area contributed by atoms with E-state index in [4.69, 9.17) is 15.0 Å². The molecule has 0 radical (unpaired) electrons. The first-order valence-electron chi connectivity index (χ1n) is 12.8. The summed E-state index contributed by atoms with van der Waals surface area (Å²) in [6, 6.07) is 29.8. The molecule has 3 nitrogen and oxygen atoms in total. The number of rotatable bonds is 6. The van der Waals surface area contributed by atoms with Gasteiger partial charge in [0.1, 0.15) is 5.82 Å². The molecular weight excluding hydrogens is 535 g/mol. The molecule has 0 fully saturated rings. The van der Waals surface area contributed by atoms with Gasteiger partial charge >= 0.3 is 0 Å². The molecule has 6 aromatic rings. The van der Waals surface area contributed by atoms with Crippen LogP contribution < -0.4 is 0 Å². The van der Waals surface area contributed by atoms with Crippen molar-refractivity contribution in [3.8, 4) is 43.7 Å². The van der Waals surface area contributed by atoms with E-state index < -0.39 is 0 Å². The third kappa shape index (κ3) is 5.06. The third-order valence-corrected chi connectivity index (χ3v) is 9.54. The number of benzene rings is 2. The number of hydrogen-bond donors (Lipinski definition) is 0. The van der Waals surface area contributed by atoms with E-state index in [2.05, 4.69) is 119 Å². The summed E-state index contributed by atoms with van der Waals surface area (Å²) in [6.45, 7) is 0. The van der Waals surface area contributed by atoms with Crippen LogP contribution in [-0.4, -0.2) is 15.0 Å². The standard InChI is InChI=1S/C33H23N3S3/c1-7-22(28-13-4-16-37-28)19-25(10-1)31-34-32(26-11-2-8-23(20-26)29-14-5-17-38-29)36-33(35-31)27-12-3-9-24(21-27)30-15-6-18-39-30/h1-20,27H,21H2. The van der Waals surface area contributed by atoms with E-state index >= 15 is 0 Å². The summed E-state index contributed by atoms with van der Waals surface area (Å²) < 4.78 is 0. The second-order valence-corrected chi connectivity index (χ2v) is 12.2. The lowest BCUT2D eigenvalue weighted by Gasteiger charge is -2.18. The Bertz CT molecular complexity index is 1680. The van der Waals surface area contributed by atoms with E-state index in [9.17, 15) is 0 Å². The van der Waals surface area contributed by atoms with Gasteiger partial charge in [-0.3, -0.25) is 0 Å². The highest BCUT2D eigenvalue weighted by Crippen LogP contribution is 2.36. The zero-order valence-corrected chi connectivity index (χ0v) is 23.3. The smallest absolute Gasteiger partial charge is 0.163 e. The summed E-state index contributed by atoms with van der Waals surface area (Å²) in [5, 5.41) is 6.34. The first-order chi connectivity index (χ1) is 19.3. The Hall–Kier alpha value is -3.97. The summed E-state index contributed by atoms with van der Waals surface area (Å²) in [7, 11) is 0. The van der Waals surface area contributed by atoms with Crippen molar-refractivity contribution in [1.82, 2.24) is 15.0 Å². The van der Waals surface area contributed by atoms with Crippen LogP contribution in [-0.2, 0) is 0 Å². The van der Waals surface area contributed by atoms with Gasteiger partial charge in [0.05, 0.1) is 0 Å². The Morgan fingerprint density at radius 2 is 1.10 bits per heavy atom. The van der Waals surface area contributed by atoms with E-state index in [1.54, 1.807) is 34.0 Å². The number of nitrogens with zero attached hydrogens (tertiary/aromatic N) is 3. The van der Waals surface area contributed by atoms with Crippen LogP contribution in [0.4, 0.5) is 0 Å². The maximum atomic E-state index is 5.07. The molecule has 0 saturated carbocycles. The first kappa shape index (κ1) is 24.1. The minimum Gasteiger partial charge on any atom is -0.212 e. The van der Waals surface area contributed by atoms with Crippen molar-refractivity contribution in [3.05, 3.63) is 130 Å². The fourth-order valence-electron chi connectivity index (χ4n) is 4.83. The fraction of sp³-hybridized carbons (Fsp3) is 0.0606. The van der Waals surface area contributed by atoms with E-state index in [1.807, 2.05) is 0 Å². The number of aromatic nitrogens is 3. The molecule has 4 heterocycles. The lowest BCUT2D eigenvalue weighted by atomic mass is 9.92. The van der Waals surface area contributed by atoms with Crippen LogP contribution in [0.25, 0.3) is 49.2 Å². The van der Waals surface area contributed by atoms with Crippen LogP contribution in [0, 0.1) is 0 Å². The topological polar surface area (TPSA) is 38.7 Å². The van der Waals surface area contributed by atoms with Crippen LogP contribution >= 0.6 is 34.0 Å². The van der Waals surface area contributed by atoms with Gasteiger partial charge in [-0.15, -0.1) is 34.0 Å². The third-order valence-electron chi connectivity index (χ3n) is 6.76. The van der Waals surface area contributed by atoms with Crippen LogP contribution in [0.5, 0.6) is 0 Å². The highest BCUT2D eigenvalue weighted by molar-refractivity contribution is 7.13. The molecule has 39 heavy (non-hydrogen) atoms. The minimum atomic E-state index is 0.0774. The molecule has 2 aromatic carbocycles. The second-order valence-electron chi connectivity index (χ2n) is 9.32. The summed E-state index contributed by atoms with van der Waals surface area (Å²) >= 11 is 5.25. The molecule has 6 heteroatoms. The van der Waals surface area contributed by atoms with Gasteiger partial charge in [-0.2, -0.15) is 0 Å². The van der Waals surface area contributed by atoms with Crippen LogP contribution in [0.3, 0.4) is 0 Å². The average molecular weight is 558 g/mol. The molecule has 1 unspecified atom stereocenters. The summed E-state index contributed by atoms with van der Waals surface area (Å²) in [4.78, 5) is 18.9. The normalized spacial score (nSPS) is 14.9. The van der Waals surface area contributed by atoms with E-state index in [0.29, 0.717) is 11.6 Å². The molecule has 1 atom stereocenters. The summed E-state index contributed by atoms with van der Waals surface area (Å²) in [5.74, 6) is 2.29. The SMILES string of the molecule is C1=CC(c2nc(-c3cccc(-c4cccs4)c3)nc(-c3cccc(-c4cccs4)c3)n2)CC(c2cccs2)=C1. The number of hydrogen-bond acceptors (Lipinski definition) is 6. The molecule has 0 spiro atoms. The van der Waals surface area contributed by atoms with Crippen LogP contribution in [0.15, 0.2) is 119 Å². The van der Waals surface area contributed by atoms with Gasteiger partial charge in [-0.1, -0.05) is 72.8 Å². The second kappa shape index (κ2) is 10.7. The van der Waals surface area contributed by atoms with Crippen molar-refractivity contribution in [2.75, 3.05) is 0 Å². The van der Waals surface area contributed by atoms with E-state index in [0.717, 1.165) is 23.4 Å². The summed E-state index contributed by atoms with van der Waals surface area (Å²) in [6.07, 6.45) is 7.43. The Balaban J connectivity index is 1.33. The van der Waals surface area contributed by atoms with Crippen LogP contribution in [0.1, 0.15) is 23.0 Å². The average Bonchev–Trinajstić information content (AvgIpc) is 3.81. The molecule has 0 saturated heterocycles. The quantitative estimate of drug-likeness (QED) is 0.205. The van der Waals surface area contributed by atoms with E-state index in [-0.39, 0.29) is 5.92 Å². The van der Waals surface area contributed by atoms with Gasteiger partial charge in [-0.05, 0) is 69.6 Å². The molecule has 4 aromatic heterocycles. The zero-order valence-electron chi connectivity index (χ0n) is 20.9. The minimum absolute atomic E-state index is 0.0774. The summed E-state index contributed by atoms with van der Waals surface area (Å²) in [5.41, 5.74) is 5.65. The lowest BCUT2D eigenvalue weighted by molar-refractivity contribution is 0.774. The number of thiophene rings is 3. The molecule has 0 bridgehead atoms. The Labute approximate surface area is 239 Å². The zero-order chi connectivity index (χ0) is 26.0. The van der Waals surface area contributed by atoms with Crippen molar-refractivity contribution in [2.45, 2.75) is 12.3 Å². The van der Waals surface area contributed by atoms with Crippen LogP contribution in [0.2, 0.25) is 0 Å². The molecule has 1 aliphatic rings. The van der Waals surface area contributed by atoms with Crippen molar-refractivity contribution in [2.24, 2.45) is 0 Å². The van der Waals surface area contributed by atoms with Crippen molar-refractivity contribution < 1.29 is 0 Å². The molecule has 0 amide bonds. The highest BCUT2D eigenvalue weighted by Gasteiger charge is 2.21. The predicted molar refractivity (Wildman–Crippen MR) is 166 cm³/mol. The van der Waals surface area contributed by atoms with E-state index in [1.165, 1.54) is 31.3 Å². The Kier molecular flexibility index (Phi) is 6.58. The lowest BCUT2D eigenvalue weighted by Crippen LogP contribution is -2.09. The van der Waals surface area contributed by atoms with Gasteiger partial charge in [0, 0.05) is 31.7 Å². The first-order valence-corrected chi connectivity index (χ1v) is 15.4. The number of allylic oxidation sites excluding steroid dienone is 4. The molecule has 0 aliphatic heterocycles. The van der Waals surface area contributed by atoms with Crippen molar-refractivity contribution >= 4 is 39.6 Å². The van der Waals surface area contributed by atoms with Crippen molar-refractivity contribution in [1.29, 1.82) is 0 Å². The molecular formula is C33H23N3S3. The van der Waals surface area contributed by atoms with Gasteiger partial charge in [0.15, 0.2) is 11.6 Å². The highest BCUT2D eigenvalue weighted by atomic mass is 32.1. The largest absolute Gasteiger partial charge is 0.212 e. The maximum absolute atomic E-state index is 5.07. The fourth-order valence-corrected chi connectivity index (χ4v) is 7.04. The molecule has 0 N–H and O–H groups in total. The monoisotopic (exact) mass is 557 g/mol. The maximum Gasteiger partial charge on any atom is 0.163 e. The predicted octanol–water partition coefficient (Wildman–Crippen LogP) is 9.85. The van der Waals surface area contributed by atoms with Gasteiger partial charge < -0.3 is 0 Å². The van der Waals surface area contributed by atoms with Gasteiger partial charge in [-0.25, -0.2) is 15.0 Å². The Morgan fingerprint density at radius 3 is 1.64 bits per heavy atom. The van der Waals surface area contributed by atoms with Gasteiger partial charge in [0.25, 0.3) is 0 Å². The molecule has 7 rings (SSSR count). The molecule has 188 valence electrons. The molecule has 1 aliphatic carbocycles. The van der Waals surface area contributed by atoms with Crippen molar-refractivity contribution in [3.63, 3.8) is 0 Å². The van der Waals surface area contributed by atoms with Gasteiger partial charge in [0.2, 0.25) is 0 Å². The Morgan fingerprint density at radius 1 is 0.564 bits per heavy atom.